The van der Waals surface area contributed by atoms with Crippen molar-refractivity contribution in [3.8, 4) is 0 Å². The molecule has 11 heteroatoms. The van der Waals surface area contributed by atoms with Crippen molar-refractivity contribution in [1.29, 1.82) is 0 Å². The van der Waals surface area contributed by atoms with Gasteiger partial charge in [0, 0.05) is 0 Å². The van der Waals surface area contributed by atoms with Crippen molar-refractivity contribution < 1.29 is 32.3 Å². The monoisotopic (exact) mass is 434 g/mol. The molecule has 1 fully saturated rings. The topological polar surface area (TPSA) is 108 Å². The van der Waals surface area contributed by atoms with Crippen LogP contribution >= 0.6 is 0 Å². The lowest BCUT2D eigenvalue weighted by Gasteiger charge is -2.22. The zero-order valence-corrected chi connectivity index (χ0v) is 16.2. The fraction of sp³-hybridized carbons (Fsp3) is 0.200. The summed E-state index contributed by atoms with van der Waals surface area (Å²) in [4.78, 5) is 49.6. The number of nitrogens with one attached hydrogen (secondary N) is 3. The van der Waals surface area contributed by atoms with E-state index in [-0.39, 0.29) is 0 Å². The van der Waals surface area contributed by atoms with E-state index in [2.05, 4.69) is 10.6 Å². The Hall–Kier alpha value is -3.89. The first-order valence-corrected chi connectivity index (χ1v) is 9.03. The molecule has 0 bridgehead atoms. The van der Waals surface area contributed by atoms with Gasteiger partial charge in [0.05, 0.1) is 12.2 Å². The van der Waals surface area contributed by atoms with Crippen molar-refractivity contribution in [3.63, 3.8) is 0 Å². The molecular formula is C20H17F3N4O4. The molecular weight excluding hydrogens is 417 g/mol. The van der Waals surface area contributed by atoms with E-state index in [1.165, 1.54) is 6.92 Å². The minimum atomic E-state index is -1.75. The van der Waals surface area contributed by atoms with E-state index in [1.54, 1.807) is 30.3 Å². The number of hydrogen-bond acceptors (Lipinski definition) is 4. The number of hydrogen-bond donors (Lipinski definition) is 3. The molecule has 0 radical (unpaired) electrons. The van der Waals surface area contributed by atoms with E-state index >= 15 is 0 Å². The van der Waals surface area contributed by atoms with E-state index in [0.717, 1.165) is 6.07 Å². The molecule has 2 aromatic carbocycles. The number of amides is 5. The minimum absolute atomic E-state index is 0.532. The average Bonchev–Trinajstić information content (AvgIpc) is 2.97. The van der Waals surface area contributed by atoms with Gasteiger partial charge >= 0.3 is 6.03 Å². The summed E-state index contributed by atoms with van der Waals surface area (Å²) in [7, 11) is 0. The van der Waals surface area contributed by atoms with Gasteiger partial charge in [-0.05, 0) is 24.6 Å². The molecule has 2 aromatic rings. The molecule has 1 saturated heterocycles. The summed E-state index contributed by atoms with van der Waals surface area (Å²) >= 11 is 0. The molecule has 0 aromatic heterocycles. The van der Waals surface area contributed by atoms with Crippen molar-refractivity contribution in [3.05, 3.63) is 65.5 Å². The van der Waals surface area contributed by atoms with Gasteiger partial charge in [-0.3, -0.25) is 19.3 Å². The molecule has 1 unspecified atom stereocenters. The van der Waals surface area contributed by atoms with Crippen LogP contribution in [0.25, 0.3) is 0 Å². The van der Waals surface area contributed by atoms with Gasteiger partial charge in [-0.25, -0.2) is 18.0 Å². The van der Waals surface area contributed by atoms with E-state index < -0.39 is 65.5 Å². The predicted octanol–water partition coefficient (Wildman–Crippen LogP) is 1.63. The third-order valence-electron chi connectivity index (χ3n) is 4.68. The zero-order chi connectivity index (χ0) is 22.8. The molecule has 3 rings (SSSR count). The van der Waals surface area contributed by atoms with Crippen LogP contribution in [0.1, 0.15) is 12.5 Å². The van der Waals surface area contributed by atoms with E-state index in [1.807, 2.05) is 5.32 Å². The maximum atomic E-state index is 13.6. The molecule has 1 atom stereocenters. The molecule has 3 N–H and O–H groups in total. The molecule has 0 saturated carbocycles. The van der Waals surface area contributed by atoms with Crippen molar-refractivity contribution >= 4 is 29.4 Å². The Morgan fingerprint density at radius 3 is 2.35 bits per heavy atom. The first-order valence-electron chi connectivity index (χ1n) is 9.03. The van der Waals surface area contributed by atoms with Crippen LogP contribution in [0.2, 0.25) is 0 Å². The highest BCUT2D eigenvalue weighted by atomic mass is 19.2. The number of anilines is 1. The second-order valence-electron chi connectivity index (χ2n) is 6.86. The molecule has 0 spiro atoms. The first-order chi connectivity index (χ1) is 14.6. The molecule has 8 nitrogen and oxygen atoms in total. The van der Waals surface area contributed by atoms with Crippen LogP contribution in [-0.2, 0) is 19.9 Å². The van der Waals surface area contributed by atoms with E-state index in [0.29, 0.717) is 16.5 Å². The largest absolute Gasteiger partial charge is 0.345 e. The Kier molecular flexibility index (Phi) is 5.95. The Balaban J connectivity index is 1.57. The molecule has 1 aliphatic rings. The lowest BCUT2D eigenvalue weighted by atomic mass is 9.92. The first kappa shape index (κ1) is 21.8. The number of carbonyl (C=O) groups is 4. The van der Waals surface area contributed by atoms with Crippen LogP contribution in [0, 0.1) is 17.5 Å². The quantitative estimate of drug-likeness (QED) is 0.474. The summed E-state index contributed by atoms with van der Waals surface area (Å²) in [5, 5.41) is 6.69. The minimum Gasteiger partial charge on any atom is -0.345 e. The van der Waals surface area contributed by atoms with E-state index in [9.17, 15) is 32.3 Å². The van der Waals surface area contributed by atoms with Gasteiger partial charge in [0.25, 0.3) is 5.91 Å². The number of rotatable bonds is 6. The molecule has 1 aliphatic heterocycles. The highest BCUT2D eigenvalue weighted by Gasteiger charge is 2.49. The lowest BCUT2D eigenvalue weighted by molar-refractivity contribution is -0.135. The van der Waals surface area contributed by atoms with Crippen LogP contribution in [0.3, 0.4) is 0 Å². The maximum absolute atomic E-state index is 13.6. The third kappa shape index (κ3) is 4.34. The van der Waals surface area contributed by atoms with Crippen molar-refractivity contribution in [1.82, 2.24) is 15.5 Å². The second-order valence-corrected chi connectivity index (χ2v) is 6.86. The zero-order valence-electron chi connectivity index (χ0n) is 16.2. The van der Waals surface area contributed by atoms with Gasteiger partial charge in [-0.1, -0.05) is 30.3 Å². The number of imide groups is 1. The van der Waals surface area contributed by atoms with Gasteiger partial charge < -0.3 is 16.0 Å². The standard InChI is InChI=1S/C20H17F3N4O4/c1-20(11-5-3-2-4-6-11)18(30)27(19(31)26-20)10-15(29)24-9-14(28)25-13-8-7-12(21)16(22)17(13)23/h2-8H,9-10H2,1H3,(H,24,29)(H,25,28)(H,26,31). The highest BCUT2D eigenvalue weighted by Crippen LogP contribution is 2.28. The molecule has 162 valence electrons. The molecule has 0 aliphatic carbocycles. The summed E-state index contributed by atoms with van der Waals surface area (Å²) < 4.78 is 39.7. The van der Waals surface area contributed by atoms with Gasteiger partial charge in [0.1, 0.15) is 12.1 Å². The number of urea groups is 1. The Morgan fingerprint density at radius 2 is 1.68 bits per heavy atom. The van der Waals surface area contributed by atoms with Crippen molar-refractivity contribution in [2.24, 2.45) is 0 Å². The number of nitrogens with zero attached hydrogens (tertiary/aromatic N) is 1. The van der Waals surface area contributed by atoms with Crippen LogP contribution in [0.15, 0.2) is 42.5 Å². The van der Waals surface area contributed by atoms with Crippen molar-refractivity contribution in [2.75, 3.05) is 18.4 Å². The summed E-state index contributed by atoms with van der Waals surface area (Å²) in [6.45, 7) is 0.196. The Morgan fingerprint density at radius 1 is 1.00 bits per heavy atom. The molecule has 1 heterocycles. The van der Waals surface area contributed by atoms with Crippen LogP contribution < -0.4 is 16.0 Å². The third-order valence-corrected chi connectivity index (χ3v) is 4.68. The predicted molar refractivity (Wildman–Crippen MR) is 102 cm³/mol. The smallest absolute Gasteiger partial charge is 0.325 e. The SMILES string of the molecule is CC1(c2ccccc2)NC(=O)N(CC(=O)NCC(=O)Nc2ccc(F)c(F)c2F)C1=O. The second kappa shape index (κ2) is 8.46. The Bertz CT molecular complexity index is 1060. The van der Waals surface area contributed by atoms with Gasteiger partial charge in [-0.15, -0.1) is 0 Å². The van der Waals surface area contributed by atoms with E-state index in [4.69, 9.17) is 0 Å². The fourth-order valence-corrected chi connectivity index (χ4v) is 3.00. The number of carbonyl (C=O) groups excluding carboxylic acids is 4. The van der Waals surface area contributed by atoms with Crippen molar-refractivity contribution in [2.45, 2.75) is 12.5 Å². The fourth-order valence-electron chi connectivity index (χ4n) is 3.00. The number of benzene rings is 2. The summed E-state index contributed by atoms with van der Waals surface area (Å²) in [5.74, 6) is -7.15. The average molecular weight is 434 g/mol. The summed E-state index contributed by atoms with van der Waals surface area (Å²) in [5.41, 5.74) is -1.42. The van der Waals surface area contributed by atoms with Crippen LogP contribution in [0.4, 0.5) is 23.7 Å². The lowest BCUT2D eigenvalue weighted by Crippen LogP contribution is -2.44. The molecule has 5 amide bonds. The van der Waals surface area contributed by atoms with Crippen LogP contribution in [-0.4, -0.2) is 41.7 Å². The molecule has 31 heavy (non-hydrogen) atoms. The summed E-state index contributed by atoms with van der Waals surface area (Å²) in [6.07, 6.45) is 0. The number of halogens is 3. The normalized spacial score (nSPS) is 18.0. The van der Waals surface area contributed by atoms with Crippen LogP contribution in [0.5, 0.6) is 0 Å². The van der Waals surface area contributed by atoms with Gasteiger partial charge in [0.15, 0.2) is 17.5 Å². The summed E-state index contributed by atoms with van der Waals surface area (Å²) in [6, 6.07) is 9.14. The Labute approximate surface area is 174 Å². The maximum Gasteiger partial charge on any atom is 0.325 e. The highest BCUT2D eigenvalue weighted by molar-refractivity contribution is 6.09. The van der Waals surface area contributed by atoms with Gasteiger partial charge in [0.2, 0.25) is 11.8 Å². The van der Waals surface area contributed by atoms with Gasteiger partial charge in [-0.2, -0.15) is 0 Å².